The minimum absolute atomic E-state index is 1.12. The lowest BCUT2D eigenvalue weighted by molar-refractivity contribution is 0.608. The maximum Gasteiger partial charge on any atom is 0.155 e. The number of hydrogen-bond donors (Lipinski definition) is 0. The van der Waals surface area contributed by atoms with Crippen LogP contribution in [0.5, 0.6) is 0 Å². The zero-order valence-corrected chi connectivity index (χ0v) is 42.5. The number of thiophene rings is 4. The molecule has 0 fully saturated rings. The summed E-state index contributed by atoms with van der Waals surface area (Å²) in [7, 11) is 0. The van der Waals surface area contributed by atoms with Crippen LogP contribution in [0.15, 0.2) is 35.0 Å². The van der Waals surface area contributed by atoms with Crippen molar-refractivity contribution in [1.29, 1.82) is 0 Å². The highest BCUT2D eigenvalue weighted by molar-refractivity contribution is 7.33. The summed E-state index contributed by atoms with van der Waals surface area (Å²) in [5.74, 6) is 0. The number of aryl methyl sites for hydroxylation is 4. The molecule has 0 aliphatic carbocycles. The zero-order chi connectivity index (χ0) is 41.8. The first kappa shape index (κ1) is 47.8. The summed E-state index contributed by atoms with van der Waals surface area (Å²) in [6.07, 6.45) is 36.8. The molecule has 0 amide bonds. The van der Waals surface area contributed by atoms with Crippen LogP contribution >= 0.6 is 68.0 Å². The molecule has 6 rings (SSSR count). The minimum atomic E-state index is 1.12. The summed E-state index contributed by atoms with van der Waals surface area (Å²) < 4.78 is 0. The fraction of sp³-hybridized carbons (Fsp3) is 0.615. The summed E-state index contributed by atoms with van der Waals surface area (Å²) in [4.78, 5) is 21.8. The van der Waals surface area contributed by atoms with Gasteiger partial charge < -0.3 is 0 Å². The second kappa shape index (κ2) is 26.8. The standard InChI is InChI=1S/C52H74N2S6/c1-5-9-13-17-21-25-29-39-33-35-55-45(39)43-37-41(31-27-23-19-15-11-7-3)47(57-43)49-53-51-52(59-49)54-50(60-51)48-42(32-28-24-20-16-12-8-4)38-44(58-48)46-40(34-36-56-46)30-26-22-18-14-10-6-2/h33-38H,5-32H2,1-4H3. The molecule has 0 aliphatic heterocycles. The Hall–Kier alpha value is -1.68. The maximum atomic E-state index is 5.42. The van der Waals surface area contributed by atoms with Crippen LogP contribution in [0.1, 0.15) is 204 Å². The van der Waals surface area contributed by atoms with E-state index in [1.165, 1.54) is 217 Å². The van der Waals surface area contributed by atoms with Crippen molar-refractivity contribution >= 4 is 77.7 Å². The van der Waals surface area contributed by atoms with Crippen LogP contribution < -0.4 is 0 Å². The molecule has 2 nitrogen and oxygen atoms in total. The average Bonchev–Trinajstić information content (AvgIpc) is 4.11. The molecule has 8 heteroatoms. The monoisotopic (exact) mass is 918 g/mol. The summed E-state index contributed by atoms with van der Waals surface area (Å²) >= 11 is 11.5. The van der Waals surface area contributed by atoms with E-state index in [9.17, 15) is 0 Å². The first-order chi connectivity index (χ1) is 29.6. The van der Waals surface area contributed by atoms with Gasteiger partial charge in [-0.2, -0.15) is 0 Å². The molecule has 0 aliphatic rings. The van der Waals surface area contributed by atoms with E-state index < -0.39 is 0 Å². The van der Waals surface area contributed by atoms with Gasteiger partial charge in [-0.1, -0.05) is 179 Å². The Morgan fingerprint density at radius 2 is 0.667 bits per heavy atom. The minimum Gasteiger partial charge on any atom is -0.222 e. The normalized spacial score (nSPS) is 11.9. The topological polar surface area (TPSA) is 25.8 Å². The number of hydrogen-bond acceptors (Lipinski definition) is 8. The van der Waals surface area contributed by atoms with Crippen LogP contribution in [-0.4, -0.2) is 9.97 Å². The fourth-order valence-electron chi connectivity index (χ4n) is 8.53. The largest absolute Gasteiger partial charge is 0.222 e. The van der Waals surface area contributed by atoms with E-state index in [-0.39, 0.29) is 0 Å². The number of aromatic nitrogens is 2. The first-order valence-corrected chi connectivity index (χ1v) is 29.3. The Bertz CT molecular complexity index is 1890. The quantitative estimate of drug-likeness (QED) is 0.0394. The predicted molar refractivity (Wildman–Crippen MR) is 277 cm³/mol. The van der Waals surface area contributed by atoms with Crippen molar-refractivity contribution in [2.75, 3.05) is 0 Å². The smallest absolute Gasteiger partial charge is 0.155 e. The fourth-order valence-corrected chi connectivity index (χ4v) is 15.4. The predicted octanol–water partition coefficient (Wildman–Crippen LogP) is 20.3. The number of fused-ring (bicyclic) bond motifs is 1. The van der Waals surface area contributed by atoms with E-state index in [1.54, 1.807) is 11.1 Å². The molecule has 0 atom stereocenters. The van der Waals surface area contributed by atoms with Crippen molar-refractivity contribution in [2.24, 2.45) is 0 Å². The third kappa shape index (κ3) is 14.2. The van der Waals surface area contributed by atoms with Crippen LogP contribution in [0.2, 0.25) is 0 Å². The van der Waals surface area contributed by atoms with Crippen molar-refractivity contribution in [1.82, 2.24) is 9.97 Å². The van der Waals surface area contributed by atoms with Gasteiger partial charge >= 0.3 is 0 Å². The average molecular weight is 920 g/mol. The van der Waals surface area contributed by atoms with Gasteiger partial charge in [0.1, 0.15) is 10.0 Å². The van der Waals surface area contributed by atoms with E-state index in [4.69, 9.17) is 9.97 Å². The van der Waals surface area contributed by atoms with Crippen molar-refractivity contribution in [2.45, 2.75) is 207 Å². The number of unbranched alkanes of at least 4 members (excludes halogenated alkanes) is 20. The van der Waals surface area contributed by atoms with Crippen molar-refractivity contribution in [3.05, 3.63) is 57.3 Å². The van der Waals surface area contributed by atoms with Crippen LogP contribution in [0.3, 0.4) is 0 Å². The van der Waals surface area contributed by atoms with E-state index in [0.29, 0.717) is 0 Å². The highest BCUT2D eigenvalue weighted by Crippen LogP contribution is 2.48. The Balaban J connectivity index is 1.23. The van der Waals surface area contributed by atoms with Crippen molar-refractivity contribution in [3.63, 3.8) is 0 Å². The molecule has 0 spiro atoms. The molecule has 0 saturated carbocycles. The van der Waals surface area contributed by atoms with Gasteiger partial charge in [0.05, 0.1) is 9.75 Å². The zero-order valence-electron chi connectivity index (χ0n) is 37.6. The third-order valence-electron chi connectivity index (χ3n) is 12.1. The van der Waals surface area contributed by atoms with E-state index in [0.717, 1.165) is 22.5 Å². The van der Waals surface area contributed by atoms with Gasteiger partial charge in [0.15, 0.2) is 9.66 Å². The molecule has 0 bridgehead atoms. The van der Waals surface area contributed by atoms with Crippen LogP contribution in [0.25, 0.3) is 48.9 Å². The summed E-state index contributed by atoms with van der Waals surface area (Å²) in [5, 5.41) is 7.01. The molecule has 6 aromatic rings. The molecular weight excluding hydrogens is 845 g/mol. The van der Waals surface area contributed by atoms with Crippen LogP contribution in [-0.2, 0) is 25.7 Å². The molecular formula is C52H74N2S6. The van der Waals surface area contributed by atoms with Gasteiger partial charge in [0, 0.05) is 19.5 Å². The van der Waals surface area contributed by atoms with Gasteiger partial charge in [-0.25, -0.2) is 9.97 Å². The first-order valence-electron chi connectivity index (χ1n) is 24.3. The van der Waals surface area contributed by atoms with Gasteiger partial charge in [-0.3, -0.25) is 0 Å². The van der Waals surface area contributed by atoms with Crippen molar-refractivity contribution in [3.8, 4) is 39.3 Å². The SMILES string of the molecule is CCCCCCCCc1ccsc1-c1cc(CCCCCCCC)c(-c2nc3sc(-c4sc(-c5sccc5CCCCCCCC)cc4CCCCCCCC)nc3s2)s1. The molecule has 0 saturated heterocycles. The van der Waals surface area contributed by atoms with E-state index >= 15 is 0 Å². The van der Waals surface area contributed by atoms with E-state index in [2.05, 4.69) is 62.7 Å². The third-order valence-corrected chi connectivity index (χ3v) is 19.1. The molecule has 60 heavy (non-hydrogen) atoms. The van der Waals surface area contributed by atoms with Crippen LogP contribution in [0, 0.1) is 0 Å². The van der Waals surface area contributed by atoms with Gasteiger partial charge in [-0.05, 0) is 109 Å². The molecule has 0 aromatic carbocycles. The lowest BCUT2D eigenvalue weighted by atomic mass is 10.0. The highest BCUT2D eigenvalue weighted by atomic mass is 32.1. The Kier molecular flexibility index (Phi) is 21.4. The molecule has 328 valence electrons. The summed E-state index contributed by atoms with van der Waals surface area (Å²) in [5.41, 5.74) is 6.10. The lowest BCUT2D eigenvalue weighted by Crippen LogP contribution is -1.87. The van der Waals surface area contributed by atoms with E-state index in [1.807, 2.05) is 68.0 Å². The Morgan fingerprint density at radius 1 is 0.350 bits per heavy atom. The van der Waals surface area contributed by atoms with Crippen LogP contribution in [0.4, 0.5) is 0 Å². The second-order valence-electron chi connectivity index (χ2n) is 17.2. The van der Waals surface area contributed by atoms with Gasteiger partial charge in [0.25, 0.3) is 0 Å². The second-order valence-corrected chi connectivity index (χ2v) is 23.1. The summed E-state index contributed by atoms with van der Waals surface area (Å²) in [6.45, 7) is 9.24. The highest BCUT2D eigenvalue weighted by Gasteiger charge is 2.23. The van der Waals surface area contributed by atoms with Gasteiger partial charge in [0.2, 0.25) is 0 Å². The summed E-state index contributed by atoms with van der Waals surface area (Å²) in [6, 6.07) is 9.89. The maximum absolute atomic E-state index is 5.42. The lowest BCUT2D eigenvalue weighted by Gasteiger charge is -2.03. The molecule has 0 unspecified atom stereocenters. The van der Waals surface area contributed by atoms with Gasteiger partial charge in [-0.15, -0.1) is 45.3 Å². The number of nitrogens with zero attached hydrogens (tertiary/aromatic N) is 2. The number of rotatable bonds is 32. The Labute approximate surface area is 388 Å². The van der Waals surface area contributed by atoms with Crippen molar-refractivity contribution < 1.29 is 0 Å². The molecule has 6 heterocycles. The molecule has 6 aromatic heterocycles. The number of thiazole rings is 2. The molecule has 0 radical (unpaired) electrons. The Morgan fingerprint density at radius 3 is 1.02 bits per heavy atom. The molecule has 0 N–H and O–H groups in total.